The van der Waals surface area contributed by atoms with Gasteiger partial charge in [0.2, 0.25) is 0 Å². The Balaban J connectivity index is 0.000000503. The topological polar surface area (TPSA) is 180 Å². The maximum Gasteiger partial charge on any atom is 0.156 e. The zero-order chi connectivity index (χ0) is 67.9. The molecule has 0 aliphatic rings. The van der Waals surface area contributed by atoms with Crippen molar-refractivity contribution in [1.82, 2.24) is 70.2 Å². The lowest BCUT2D eigenvalue weighted by molar-refractivity contribution is 0.531. The van der Waals surface area contributed by atoms with E-state index in [-0.39, 0.29) is 43.3 Å². The molecule has 1 aromatic carbocycles. The Bertz CT molecular complexity index is 2510. The van der Waals surface area contributed by atoms with E-state index in [9.17, 15) is 0 Å². The van der Waals surface area contributed by atoms with Crippen molar-refractivity contribution in [2.75, 3.05) is 0 Å². The Morgan fingerprint density at radius 3 is 0.966 bits per heavy atom. The molecule has 8 aromatic rings. The number of benzene rings is 1. The number of nitrogens with zero attached hydrogens (tertiary/aromatic N) is 14. The Morgan fingerprint density at radius 2 is 0.602 bits per heavy atom. The van der Waals surface area contributed by atoms with E-state index in [2.05, 4.69) is 299 Å². The van der Waals surface area contributed by atoms with Crippen LogP contribution >= 0.6 is 0 Å². The molecule has 480 valence electrons. The first kappa shape index (κ1) is 78.8. The molecule has 0 radical (unpaired) electrons. The van der Waals surface area contributed by atoms with Crippen molar-refractivity contribution in [2.24, 2.45) is 0 Å². The highest BCUT2D eigenvalue weighted by molar-refractivity contribution is 5.27. The number of hydrogen-bond donors (Lipinski definition) is 0. The third-order valence-electron chi connectivity index (χ3n) is 12.8. The highest BCUT2D eigenvalue weighted by Gasteiger charge is 2.20. The van der Waals surface area contributed by atoms with Gasteiger partial charge in [-0.1, -0.05) is 208 Å². The van der Waals surface area contributed by atoms with Crippen LogP contribution in [-0.2, 0) is 43.3 Å². The number of pyridine rings is 2. The summed E-state index contributed by atoms with van der Waals surface area (Å²) in [5, 5.41) is 15.8. The van der Waals surface area contributed by atoms with Crippen molar-refractivity contribution in [3.8, 4) is 0 Å². The van der Waals surface area contributed by atoms with E-state index in [4.69, 9.17) is 0 Å². The summed E-state index contributed by atoms with van der Waals surface area (Å²) in [6, 6.07) is 17.1. The highest BCUT2D eigenvalue weighted by Crippen LogP contribution is 2.25. The lowest BCUT2D eigenvalue weighted by Crippen LogP contribution is -2.16. The van der Waals surface area contributed by atoms with Crippen LogP contribution in [-0.4, -0.2) is 70.2 Å². The van der Waals surface area contributed by atoms with Gasteiger partial charge in [0, 0.05) is 88.0 Å². The van der Waals surface area contributed by atoms with Gasteiger partial charge in [0.1, 0.15) is 17.5 Å². The van der Waals surface area contributed by atoms with Crippen LogP contribution in [0.3, 0.4) is 0 Å². The zero-order valence-corrected chi connectivity index (χ0v) is 60.7. The number of rotatable bonds is 0. The number of hydrogen-bond acceptors (Lipinski definition) is 14. The summed E-state index contributed by atoms with van der Waals surface area (Å²) >= 11 is 0. The Hall–Kier alpha value is -7.22. The van der Waals surface area contributed by atoms with E-state index in [0.29, 0.717) is 0 Å². The average molecular weight is 1200 g/mol. The van der Waals surface area contributed by atoms with Crippen LogP contribution in [0.25, 0.3) is 0 Å². The molecule has 0 saturated heterocycles. The molecule has 0 fully saturated rings. The molecule has 14 nitrogen and oxygen atoms in total. The van der Waals surface area contributed by atoms with Gasteiger partial charge in [-0.2, -0.15) is 10.2 Å². The minimum Gasteiger partial charge on any atom is -0.261 e. The van der Waals surface area contributed by atoms with Gasteiger partial charge >= 0.3 is 0 Å². The molecule has 0 aliphatic heterocycles. The molecule has 7 heterocycles. The van der Waals surface area contributed by atoms with Gasteiger partial charge in [-0.15, -0.1) is 10.2 Å². The molecule has 88 heavy (non-hydrogen) atoms. The molecule has 0 unspecified atom stereocenters. The van der Waals surface area contributed by atoms with E-state index in [1.807, 2.05) is 84.9 Å². The summed E-state index contributed by atoms with van der Waals surface area (Å²) < 4.78 is 0. The molecule has 14 heteroatoms. The quantitative estimate of drug-likeness (QED) is 0.140. The number of aryl methyl sites for hydroxylation is 8. The van der Waals surface area contributed by atoms with Gasteiger partial charge in [0.25, 0.3) is 0 Å². The van der Waals surface area contributed by atoms with E-state index >= 15 is 0 Å². The summed E-state index contributed by atoms with van der Waals surface area (Å²) in [6.45, 7) is 67.2. The summed E-state index contributed by atoms with van der Waals surface area (Å²) in [5.74, 6) is 3.25. The van der Waals surface area contributed by atoms with Gasteiger partial charge in [0.15, 0.2) is 5.82 Å². The molecule has 0 atom stereocenters. The maximum absolute atomic E-state index is 4.35. The summed E-state index contributed by atoms with van der Waals surface area (Å²) in [7, 11) is 0. The second-order valence-corrected chi connectivity index (χ2v) is 30.7. The maximum atomic E-state index is 4.35. The van der Waals surface area contributed by atoms with Crippen molar-refractivity contribution in [3.05, 3.63) is 201 Å². The molecule has 0 N–H and O–H groups in total. The first-order valence-electron chi connectivity index (χ1n) is 30.6. The van der Waals surface area contributed by atoms with Crippen LogP contribution in [0.4, 0.5) is 0 Å². The van der Waals surface area contributed by atoms with E-state index < -0.39 is 0 Å². The van der Waals surface area contributed by atoms with Gasteiger partial charge < -0.3 is 0 Å². The zero-order valence-electron chi connectivity index (χ0n) is 60.7. The van der Waals surface area contributed by atoms with Crippen LogP contribution in [0.15, 0.2) is 110 Å². The molecule has 0 spiro atoms. The van der Waals surface area contributed by atoms with E-state index in [0.717, 1.165) is 63.0 Å². The molecule has 0 aliphatic carbocycles. The van der Waals surface area contributed by atoms with Crippen LogP contribution in [0, 0.1) is 55.4 Å². The SMILES string of the molecule is Cc1ccc(C(C)(C)C)cc1.Cc1ccc(C(C)(C)C)cn1.Cc1ccc(C(C)(C)C)nc1.Cc1cnc(C(C)(C)C)cn1.Cc1cnc(C(C)(C)C)nc1.Cc1cnc(C(C)(C)C)nn1.Cc1ncc(C(C)(C)C)cn1.Cc1ncc(C(C)(C)C)nn1. The summed E-state index contributed by atoms with van der Waals surface area (Å²) in [4.78, 5) is 42.1. The third-order valence-corrected chi connectivity index (χ3v) is 12.8. The van der Waals surface area contributed by atoms with Crippen molar-refractivity contribution in [3.63, 3.8) is 0 Å². The summed E-state index contributed by atoms with van der Waals surface area (Å²) in [5.41, 5.74) is 14.7. The predicted molar refractivity (Wildman–Crippen MR) is 368 cm³/mol. The van der Waals surface area contributed by atoms with Crippen molar-refractivity contribution < 1.29 is 0 Å². The number of aromatic nitrogens is 14. The molecule has 7 aromatic heterocycles. The molecule has 8 rings (SSSR count). The molecule has 0 bridgehead atoms. The minimum absolute atomic E-state index is 0.000694. The van der Waals surface area contributed by atoms with Crippen molar-refractivity contribution in [2.45, 2.75) is 265 Å². The normalized spacial score (nSPS) is 11.6. The fourth-order valence-corrected chi connectivity index (χ4v) is 6.57. The van der Waals surface area contributed by atoms with Crippen LogP contribution in [0.2, 0.25) is 0 Å². The second-order valence-electron chi connectivity index (χ2n) is 30.7. The first-order valence-corrected chi connectivity index (χ1v) is 30.6. The van der Waals surface area contributed by atoms with Crippen LogP contribution in [0.1, 0.15) is 257 Å². The third kappa shape index (κ3) is 32.7. The van der Waals surface area contributed by atoms with Gasteiger partial charge in [-0.05, 0) is 112 Å². The van der Waals surface area contributed by atoms with Gasteiger partial charge in [0.05, 0.1) is 35.2 Å². The Morgan fingerprint density at radius 1 is 0.205 bits per heavy atom. The van der Waals surface area contributed by atoms with Crippen LogP contribution < -0.4 is 0 Å². The van der Waals surface area contributed by atoms with Crippen LogP contribution in [0.5, 0.6) is 0 Å². The van der Waals surface area contributed by atoms with E-state index in [1.165, 1.54) is 27.8 Å². The lowest BCUT2D eigenvalue weighted by Gasteiger charge is -2.18. The van der Waals surface area contributed by atoms with E-state index in [1.54, 1.807) is 18.6 Å². The van der Waals surface area contributed by atoms with Gasteiger partial charge in [-0.25, -0.2) is 29.9 Å². The smallest absolute Gasteiger partial charge is 0.156 e. The molecular formula is C74H114N14. The monoisotopic (exact) mass is 1200 g/mol. The largest absolute Gasteiger partial charge is 0.261 e. The average Bonchev–Trinajstić information content (AvgIpc) is 3.61. The summed E-state index contributed by atoms with van der Waals surface area (Å²) in [6.07, 6.45) is 18.5. The minimum atomic E-state index is 0.000694. The fraction of sp³-hybridized carbons (Fsp3) is 0.541. The first-order chi connectivity index (χ1) is 40.0. The Labute approximate surface area is 533 Å². The molecule has 0 saturated carbocycles. The standard InChI is InChI=1S/C11H16.2C10H15N.3C9H14N2.2C8H13N3/c1-9-5-7-10(8-6-9)11(2,3)4;1-8-5-6-9(7-11-8)10(2,3)4;1-8-5-6-9(11-7-8)10(2,3)4;1-7-10-5-8(6-11-7)9(2,3)4;1-7-5-11-8(6-10-7)9(2,3)4;1-7-5-10-8(11-6-7)9(2,3)4;1-6-9-5-7(11-10-6)8(2,3)4;1-6-5-9-7(11-10-6)8(2,3)4/h5-8H,1-4H3;2*5-7H,1-4H3;3*5-6H,1-4H3;2*5H,1-4H3. The molecular weight excluding hydrogens is 1080 g/mol. The fourth-order valence-electron chi connectivity index (χ4n) is 6.57. The van der Waals surface area contributed by atoms with Gasteiger partial charge in [-0.3, -0.25) is 19.9 Å². The highest BCUT2D eigenvalue weighted by atomic mass is 15.2. The lowest BCUT2D eigenvalue weighted by atomic mass is 9.87. The Kier molecular flexibility index (Phi) is 30.4. The van der Waals surface area contributed by atoms with Crippen molar-refractivity contribution in [1.29, 1.82) is 0 Å². The van der Waals surface area contributed by atoms with Crippen molar-refractivity contribution >= 4 is 0 Å². The second kappa shape index (κ2) is 33.9. The molecule has 0 amide bonds. The predicted octanol–water partition coefficient (Wildman–Crippen LogP) is 17.9.